The number of carbonyl (C=O) groups excluding carboxylic acids is 1. The van der Waals surface area contributed by atoms with E-state index in [4.69, 9.17) is 16.2 Å². The number of nitrogens with two attached hydrogens (primary N) is 2. The average molecular weight is 210 g/mol. The summed E-state index contributed by atoms with van der Waals surface area (Å²) in [7, 11) is 1.38. The van der Waals surface area contributed by atoms with Crippen LogP contribution in [0.4, 0.5) is 5.69 Å². The summed E-state index contributed by atoms with van der Waals surface area (Å²) in [5.41, 5.74) is 11.4. The van der Waals surface area contributed by atoms with Gasteiger partial charge < -0.3 is 21.3 Å². The van der Waals surface area contributed by atoms with Crippen molar-refractivity contribution in [1.29, 1.82) is 0 Å². The Balaban J connectivity index is 3.15. The lowest BCUT2D eigenvalue weighted by Crippen LogP contribution is -2.10. The van der Waals surface area contributed by atoms with E-state index in [2.05, 4.69) is 0 Å². The molecular weight excluding hydrogens is 196 g/mol. The number of hydrogen-bond donors (Lipinski definition) is 3. The minimum Gasteiger partial charge on any atom is -0.504 e. The molecule has 0 heterocycles. The van der Waals surface area contributed by atoms with E-state index in [1.165, 1.54) is 19.2 Å². The number of phenols is 1. The van der Waals surface area contributed by atoms with Crippen LogP contribution in [0.5, 0.6) is 11.5 Å². The van der Waals surface area contributed by atoms with Gasteiger partial charge in [-0.05, 0) is 18.7 Å². The van der Waals surface area contributed by atoms with Crippen molar-refractivity contribution in [3.05, 3.63) is 17.7 Å². The molecule has 0 aliphatic rings. The molecule has 0 saturated heterocycles. The first kappa shape index (κ1) is 11.3. The van der Waals surface area contributed by atoms with Gasteiger partial charge in [0.25, 0.3) is 0 Å². The van der Waals surface area contributed by atoms with Crippen molar-refractivity contribution in [2.75, 3.05) is 19.4 Å². The van der Waals surface area contributed by atoms with E-state index in [9.17, 15) is 9.90 Å². The molecule has 5 nitrogen and oxygen atoms in total. The molecule has 15 heavy (non-hydrogen) atoms. The summed E-state index contributed by atoms with van der Waals surface area (Å²) in [6.07, 6.45) is 0.220. The number of nitrogen functional groups attached to an aromatic ring is 1. The number of hydrogen-bond acceptors (Lipinski definition) is 5. The van der Waals surface area contributed by atoms with Gasteiger partial charge in [-0.3, -0.25) is 4.79 Å². The van der Waals surface area contributed by atoms with E-state index in [0.717, 1.165) is 0 Å². The van der Waals surface area contributed by atoms with Crippen molar-refractivity contribution in [3.8, 4) is 11.5 Å². The zero-order chi connectivity index (χ0) is 11.4. The largest absolute Gasteiger partial charge is 0.504 e. The van der Waals surface area contributed by atoms with Crippen LogP contribution in [0.3, 0.4) is 0 Å². The molecular formula is C10H14N2O3. The maximum Gasteiger partial charge on any atom is 0.184 e. The summed E-state index contributed by atoms with van der Waals surface area (Å²) in [5, 5.41) is 9.39. The molecule has 0 unspecified atom stereocenters. The molecule has 0 atom stereocenters. The number of phenolic OH excluding ortho intramolecular Hbond substituents is 1. The molecule has 0 fully saturated rings. The topological polar surface area (TPSA) is 98.6 Å². The number of aromatic hydroxyl groups is 1. The van der Waals surface area contributed by atoms with Crippen LogP contribution < -0.4 is 16.2 Å². The third-order valence-corrected chi connectivity index (χ3v) is 2.05. The standard InChI is InChI=1S/C10H14N2O3/c1-15-10-8(14)3-2-6(9(10)12)7(13)4-5-11/h2-3,14H,4-5,11-12H2,1H3. The molecule has 82 valence electrons. The summed E-state index contributed by atoms with van der Waals surface area (Å²) >= 11 is 0. The van der Waals surface area contributed by atoms with Gasteiger partial charge in [-0.1, -0.05) is 0 Å². The van der Waals surface area contributed by atoms with E-state index in [1.54, 1.807) is 0 Å². The van der Waals surface area contributed by atoms with Crippen molar-refractivity contribution < 1.29 is 14.6 Å². The molecule has 1 aromatic rings. The average Bonchev–Trinajstić information content (AvgIpc) is 2.18. The monoisotopic (exact) mass is 210 g/mol. The second-order valence-electron chi connectivity index (χ2n) is 3.04. The SMILES string of the molecule is COc1c(O)ccc(C(=O)CCN)c1N. The molecule has 0 radical (unpaired) electrons. The molecule has 0 amide bonds. The minimum absolute atomic E-state index is 0.0840. The van der Waals surface area contributed by atoms with E-state index in [1.807, 2.05) is 0 Å². The van der Waals surface area contributed by atoms with Crippen molar-refractivity contribution in [2.45, 2.75) is 6.42 Å². The number of rotatable bonds is 4. The van der Waals surface area contributed by atoms with Crippen molar-refractivity contribution in [2.24, 2.45) is 5.73 Å². The highest BCUT2D eigenvalue weighted by molar-refractivity contribution is 6.02. The van der Waals surface area contributed by atoms with Crippen LogP contribution in [-0.4, -0.2) is 24.5 Å². The van der Waals surface area contributed by atoms with Gasteiger partial charge in [0.05, 0.1) is 12.8 Å². The second-order valence-corrected chi connectivity index (χ2v) is 3.04. The summed E-state index contributed by atoms with van der Waals surface area (Å²) < 4.78 is 4.89. The molecule has 0 bridgehead atoms. The highest BCUT2D eigenvalue weighted by atomic mass is 16.5. The lowest BCUT2D eigenvalue weighted by atomic mass is 10.1. The smallest absolute Gasteiger partial charge is 0.184 e. The Morgan fingerprint density at radius 3 is 2.73 bits per heavy atom. The Bertz CT molecular complexity index is 377. The third-order valence-electron chi connectivity index (χ3n) is 2.05. The number of ether oxygens (including phenoxy) is 1. The third kappa shape index (κ3) is 2.19. The summed E-state index contributed by atoms with van der Waals surface area (Å²) in [6, 6.07) is 2.84. The van der Waals surface area contributed by atoms with Crippen molar-refractivity contribution in [3.63, 3.8) is 0 Å². The highest BCUT2D eigenvalue weighted by Crippen LogP contribution is 2.35. The van der Waals surface area contributed by atoms with Crippen LogP contribution in [-0.2, 0) is 0 Å². The van der Waals surface area contributed by atoms with Gasteiger partial charge in [0.15, 0.2) is 17.3 Å². The number of benzene rings is 1. The molecule has 5 N–H and O–H groups in total. The fourth-order valence-corrected chi connectivity index (χ4v) is 1.31. The Labute approximate surface area is 87.6 Å². The van der Waals surface area contributed by atoms with Gasteiger partial charge in [0.1, 0.15) is 0 Å². The molecule has 5 heteroatoms. The van der Waals surface area contributed by atoms with Crippen LogP contribution >= 0.6 is 0 Å². The quantitative estimate of drug-likeness (QED) is 0.497. The number of methoxy groups -OCH3 is 1. The Kier molecular flexibility index (Phi) is 3.51. The van der Waals surface area contributed by atoms with E-state index in [-0.39, 0.29) is 35.9 Å². The second kappa shape index (κ2) is 4.65. The predicted octanol–water partition coefficient (Wildman–Crippen LogP) is 0.514. The van der Waals surface area contributed by atoms with Crippen molar-refractivity contribution in [1.82, 2.24) is 0 Å². The molecule has 0 aliphatic heterocycles. The van der Waals surface area contributed by atoms with Gasteiger partial charge >= 0.3 is 0 Å². The normalized spacial score (nSPS) is 10.0. The summed E-state index contributed by atoms with van der Waals surface area (Å²) in [4.78, 5) is 11.5. The molecule has 0 aromatic heterocycles. The Hall–Kier alpha value is -1.75. The fourth-order valence-electron chi connectivity index (χ4n) is 1.31. The van der Waals surface area contributed by atoms with Gasteiger partial charge in [0.2, 0.25) is 0 Å². The number of anilines is 1. The van der Waals surface area contributed by atoms with Crippen molar-refractivity contribution >= 4 is 11.5 Å². The van der Waals surface area contributed by atoms with E-state index in [0.29, 0.717) is 5.56 Å². The lowest BCUT2D eigenvalue weighted by molar-refractivity contribution is 0.0986. The summed E-state index contributed by atoms with van der Waals surface area (Å²) in [5.74, 6) is -0.120. The highest BCUT2D eigenvalue weighted by Gasteiger charge is 2.15. The van der Waals surface area contributed by atoms with Crippen LogP contribution in [0.1, 0.15) is 16.8 Å². The van der Waals surface area contributed by atoms with E-state index >= 15 is 0 Å². The van der Waals surface area contributed by atoms with Crippen LogP contribution in [0.2, 0.25) is 0 Å². The lowest BCUT2D eigenvalue weighted by Gasteiger charge is -2.10. The van der Waals surface area contributed by atoms with Crippen LogP contribution in [0.25, 0.3) is 0 Å². The fraction of sp³-hybridized carbons (Fsp3) is 0.300. The van der Waals surface area contributed by atoms with Gasteiger partial charge in [-0.2, -0.15) is 0 Å². The van der Waals surface area contributed by atoms with Crippen LogP contribution in [0.15, 0.2) is 12.1 Å². The first-order valence-corrected chi connectivity index (χ1v) is 4.50. The zero-order valence-corrected chi connectivity index (χ0v) is 8.49. The molecule has 0 saturated carbocycles. The number of ketones is 1. The van der Waals surface area contributed by atoms with Gasteiger partial charge in [0, 0.05) is 12.0 Å². The Morgan fingerprint density at radius 1 is 1.53 bits per heavy atom. The molecule has 0 aliphatic carbocycles. The first-order valence-electron chi connectivity index (χ1n) is 4.50. The van der Waals surface area contributed by atoms with Gasteiger partial charge in [-0.25, -0.2) is 0 Å². The number of Topliss-reactive ketones (excluding diaryl/α,β-unsaturated/α-hetero) is 1. The minimum atomic E-state index is -0.159. The Morgan fingerprint density at radius 2 is 2.20 bits per heavy atom. The first-order chi connectivity index (χ1) is 7.11. The van der Waals surface area contributed by atoms with E-state index < -0.39 is 0 Å². The number of carbonyl (C=O) groups is 1. The molecule has 0 spiro atoms. The predicted molar refractivity (Wildman–Crippen MR) is 57.1 cm³/mol. The summed E-state index contributed by atoms with van der Waals surface area (Å²) in [6.45, 7) is 0.265. The molecule has 1 aromatic carbocycles. The maximum absolute atomic E-state index is 11.5. The zero-order valence-electron chi connectivity index (χ0n) is 8.49. The van der Waals surface area contributed by atoms with Crippen LogP contribution in [0, 0.1) is 0 Å². The van der Waals surface area contributed by atoms with Gasteiger partial charge in [-0.15, -0.1) is 0 Å². The molecule has 1 rings (SSSR count). The maximum atomic E-state index is 11.5.